The molecule has 1 heterocycles. The Balaban J connectivity index is 1.56. The molecule has 0 bridgehead atoms. The van der Waals surface area contributed by atoms with Crippen LogP contribution in [0.2, 0.25) is 0 Å². The van der Waals surface area contributed by atoms with Crippen molar-refractivity contribution in [3.05, 3.63) is 96.8 Å². The average molecular weight is 623 g/mol. The Morgan fingerprint density at radius 2 is 1.82 bits per heavy atom. The number of hydrogen-bond acceptors (Lipinski definition) is 7. The lowest BCUT2D eigenvalue weighted by molar-refractivity contribution is -0.385. The summed E-state index contributed by atoms with van der Waals surface area (Å²) in [6.45, 7) is 2.00. The number of alkyl halides is 3. The van der Waals surface area contributed by atoms with E-state index in [9.17, 15) is 32.9 Å². The highest BCUT2D eigenvalue weighted by molar-refractivity contribution is 9.10. The molecule has 0 aromatic heterocycles. The molecule has 1 aliphatic rings. The highest BCUT2D eigenvalue weighted by Crippen LogP contribution is 2.40. The molecule has 8 nitrogen and oxygen atoms in total. The SMILES string of the molecule is Cc1cccc(OCCN2C(=O)S/C(=C\c3cc(Br)ccc3Oc3ccc(C(F)(F)F)cc3[N+](=O)[O-])C2=O)c1. The van der Waals surface area contributed by atoms with Crippen LogP contribution in [-0.2, 0) is 11.0 Å². The number of carbonyl (C=O) groups excluding carboxylic acids is 2. The molecule has 0 atom stereocenters. The predicted octanol–water partition coefficient (Wildman–Crippen LogP) is 7.59. The maximum atomic E-state index is 13.1. The summed E-state index contributed by atoms with van der Waals surface area (Å²) < 4.78 is 51.0. The van der Waals surface area contributed by atoms with Crippen LogP contribution in [0.15, 0.2) is 70.0 Å². The number of benzene rings is 3. The summed E-state index contributed by atoms with van der Waals surface area (Å²) in [6, 6.07) is 13.8. The van der Waals surface area contributed by atoms with Gasteiger partial charge in [0, 0.05) is 16.1 Å². The van der Waals surface area contributed by atoms with E-state index in [0.29, 0.717) is 34.1 Å². The van der Waals surface area contributed by atoms with E-state index in [2.05, 4.69) is 15.9 Å². The van der Waals surface area contributed by atoms with Gasteiger partial charge in [-0.05, 0) is 72.8 Å². The van der Waals surface area contributed by atoms with Crippen molar-refractivity contribution >= 4 is 50.6 Å². The first-order valence-electron chi connectivity index (χ1n) is 11.2. The van der Waals surface area contributed by atoms with E-state index >= 15 is 0 Å². The summed E-state index contributed by atoms with van der Waals surface area (Å²) >= 11 is 3.99. The number of thioether (sulfide) groups is 1. The largest absolute Gasteiger partial charge is 0.492 e. The first kappa shape index (κ1) is 28.2. The van der Waals surface area contributed by atoms with Crippen LogP contribution in [-0.4, -0.2) is 34.1 Å². The Kier molecular flexibility index (Phi) is 8.31. The monoisotopic (exact) mass is 622 g/mol. The summed E-state index contributed by atoms with van der Waals surface area (Å²) in [5.41, 5.74) is -0.819. The van der Waals surface area contributed by atoms with E-state index in [4.69, 9.17) is 9.47 Å². The number of nitrogens with zero attached hydrogens (tertiary/aromatic N) is 2. The molecule has 0 aliphatic carbocycles. The van der Waals surface area contributed by atoms with Crippen molar-refractivity contribution in [2.24, 2.45) is 0 Å². The van der Waals surface area contributed by atoms with E-state index in [1.165, 1.54) is 12.1 Å². The van der Waals surface area contributed by atoms with Crippen molar-refractivity contribution in [1.29, 1.82) is 0 Å². The lowest BCUT2D eigenvalue weighted by atomic mass is 10.1. The van der Waals surface area contributed by atoms with Gasteiger partial charge in [0.05, 0.1) is 21.9 Å². The molecule has 2 amide bonds. The van der Waals surface area contributed by atoms with Crippen molar-refractivity contribution in [1.82, 2.24) is 4.90 Å². The van der Waals surface area contributed by atoms with Crippen molar-refractivity contribution in [3.63, 3.8) is 0 Å². The van der Waals surface area contributed by atoms with Crippen molar-refractivity contribution in [3.8, 4) is 17.2 Å². The minimum absolute atomic E-state index is 0.00946. The number of rotatable bonds is 8. The Morgan fingerprint density at radius 3 is 2.51 bits per heavy atom. The van der Waals surface area contributed by atoms with Gasteiger partial charge in [0.2, 0.25) is 5.75 Å². The summed E-state index contributed by atoms with van der Waals surface area (Å²) in [7, 11) is 0. The fraction of sp³-hybridized carbons (Fsp3) is 0.154. The van der Waals surface area contributed by atoms with E-state index in [0.717, 1.165) is 16.5 Å². The Hall–Kier alpha value is -3.84. The number of hydrogen-bond donors (Lipinski definition) is 0. The second-order valence-corrected chi connectivity index (χ2v) is 10.1. The van der Waals surface area contributed by atoms with Crippen LogP contribution in [0, 0.1) is 17.0 Å². The molecular weight excluding hydrogens is 605 g/mol. The van der Waals surface area contributed by atoms with E-state index in [-0.39, 0.29) is 29.4 Å². The van der Waals surface area contributed by atoms with Gasteiger partial charge in [0.25, 0.3) is 11.1 Å². The van der Waals surface area contributed by atoms with Crippen LogP contribution in [0.25, 0.3) is 6.08 Å². The topological polar surface area (TPSA) is 99.0 Å². The van der Waals surface area contributed by atoms with Crippen molar-refractivity contribution in [2.75, 3.05) is 13.2 Å². The van der Waals surface area contributed by atoms with Crippen LogP contribution in [0.1, 0.15) is 16.7 Å². The first-order valence-corrected chi connectivity index (χ1v) is 12.8. The lowest BCUT2D eigenvalue weighted by Gasteiger charge is -2.13. The maximum Gasteiger partial charge on any atom is 0.416 e. The molecule has 4 rings (SSSR count). The van der Waals surface area contributed by atoms with Crippen LogP contribution in [0.3, 0.4) is 0 Å². The molecular formula is C26H18BrF3N2O6S. The molecule has 1 aliphatic heterocycles. The summed E-state index contributed by atoms with van der Waals surface area (Å²) in [5, 5.41) is 11.0. The van der Waals surface area contributed by atoms with Crippen molar-refractivity contribution in [2.45, 2.75) is 13.1 Å². The van der Waals surface area contributed by atoms with Gasteiger partial charge < -0.3 is 9.47 Å². The minimum atomic E-state index is -4.78. The summed E-state index contributed by atoms with van der Waals surface area (Å²) in [4.78, 5) is 37.1. The highest BCUT2D eigenvalue weighted by Gasteiger charge is 2.36. The quantitative estimate of drug-likeness (QED) is 0.145. The molecule has 0 N–H and O–H groups in total. The standard InChI is InChI=1S/C26H18BrF3N2O6S/c1-15-3-2-4-19(11-15)37-10-9-31-24(33)23(39-25(31)34)13-16-12-18(27)6-8-21(16)38-22-7-5-17(26(28,29)30)14-20(22)32(35)36/h2-8,11-14H,9-10H2,1H3/b23-13-. The van der Waals surface area contributed by atoms with Crippen molar-refractivity contribution < 1.29 is 37.2 Å². The molecule has 3 aromatic rings. The van der Waals surface area contributed by atoms with Gasteiger partial charge in [0.1, 0.15) is 18.1 Å². The second kappa shape index (κ2) is 11.5. The number of amides is 2. The number of carbonyl (C=O) groups is 2. The molecule has 39 heavy (non-hydrogen) atoms. The van der Waals surface area contributed by atoms with Crippen LogP contribution < -0.4 is 9.47 Å². The molecule has 0 saturated carbocycles. The number of ether oxygens (including phenoxy) is 2. The smallest absolute Gasteiger partial charge is 0.416 e. The second-order valence-electron chi connectivity index (χ2n) is 8.22. The third-order valence-corrected chi connectivity index (χ3v) is 6.81. The van der Waals surface area contributed by atoms with Gasteiger partial charge in [-0.15, -0.1) is 0 Å². The number of nitro benzene ring substituents is 1. The van der Waals surface area contributed by atoms with Gasteiger partial charge in [-0.2, -0.15) is 13.2 Å². The third-order valence-electron chi connectivity index (χ3n) is 5.41. The number of halogens is 4. The number of imide groups is 1. The molecule has 0 unspecified atom stereocenters. The van der Waals surface area contributed by atoms with Crippen LogP contribution in [0.5, 0.6) is 17.2 Å². The van der Waals surface area contributed by atoms with E-state index in [1.807, 2.05) is 25.1 Å². The zero-order valence-corrected chi connectivity index (χ0v) is 22.4. The third kappa shape index (κ3) is 6.79. The van der Waals surface area contributed by atoms with Crippen LogP contribution >= 0.6 is 27.7 Å². The molecule has 0 spiro atoms. The molecule has 202 valence electrons. The Bertz CT molecular complexity index is 1490. The summed E-state index contributed by atoms with van der Waals surface area (Å²) in [6.07, 6.45) is -3.40. The molecule has 3 aromatic carbocycles. The highest BCUT2D eigenvalue weighted by atomic mass is 79.9. The Morgan fingerprint density at radius 1 is 1.08 bits per heavy atom. The number of aryl methyl sites for hydroxylation is 1. The summed E-state index contributed by atoms with van der Waals surface area (Å²) in [5.74, 6) is -0.364. The average Bonchev–Trinajstić information content (AvgIpc) is 3.12. The maximum absolute atomic E-state index is 13.1. The van der Waals surface area contributed by atoms with E-state index in [1.54, 1.807) is 18.2 Å². The normalized spacial score (nSPS) is 14.7. The van der Waals surface area contributed by atoms with E-state index < -0.39 is 39.2 Å². The fourth-order valence-electron chi connectivity index (χ4n) is 3.56. The minimum Gasteiger partial charge on any atom is -0.492 e. The lowest BCUT2D eigenvalue weighted by Crippen LogP contribution is -2.32. The zero-order chi connectivity index (χ0) is 28.3. The molecule has 1 saturated heterocycles. The fourth-order valence-corrected chi connectivity index (χ4v) is 4.79. The van der Waals surface area contributed by atoms with Gasteiger partial charge in [-0.3, -0.25) is 24.6 Å². The zero-order valence-electron chi connectivity index (χ0n) is 20.0. The molecule has 0 radical (unpaired) electrons. The molecule has 1 fully saturated rings. The van der Waals surface area contributed by atoms with Crippen LogP contribution in [0.4, 0.5) is 23.7 Å². The van der Waals surface area contributed by atoms with Gasteiger partial charge in [0.15, 0.2) is 0 Å². The van der Waals surface area contributed by atoms with Gasteiger partial charge in [-0.25, -0.2) is 0 Å². The molecule has 13 heteroatoms. The predicted molar refractivity (Wildman–Crippen MR) is 142 cm³/mol. The Labute approximate surface area is 232 Å². The van der Waals surface area contributed by atoms with Gasteiger partial charge in [-0.1, -0.05) is 28.1 Å². The number of nitro groups is 1. The van der Waals surface area contributed by atoms with Gasteiger partial charge >= 0.3 is 11.9 Å². The first-order chi connectivity index (χ1) is 18.4.